The van der Waals surface area contributed by atoms with Crippen LogP contribution in [0.3, 0.4) is 0 Å². The van der Waals surface area contributed by atoms with Crippen LogP contribution in [0.4, 0.5) is 5.82 Å². The van der Waals surface area contributed by atoms with E-state index < -0.39 is 5.97 Å². The van der Waals surface area contributed by atoms with Crippen LogP contribution in [0.25, 0.3) is 0 Å². The zero-order chi connectivity index (χ0) is 14.4. The third-order valence-electron chi connectivity index (χ3n) is 3.29. The molecule has 0 aliphatic carbocycles. The Hall–Kier alpha value is -2.11. The maximum atomic E-state index is 12.1. The van der Waals surface area contributed by atoms with Crippen molar-refractivity contribution in [1.82, 2.24) is 10.3 Å². The largest absolute Gasteiger partial charge is 0.481 e. The Bertz CT molecular complexity index is 484. The zero-order valence-corrected chi connectivity index (χ0v) is 11.3. The monoisotopic (exact) mass is 277 g/mol. The number of carbonyl (C=O) groups excluding carboxylic acids is 1. The summed E-state index contributed by atoms with van der Waals surface area (Å²) >= 11 is 0. The maximum absolute atomic E-state index is 12.1. The predicted octanol–water partition coefficient (Wildman–Crippen LogP) is 1.28. The molecule has 6 nitrogen and oxygen atoms in total. The number of aliphatic carboxylic acids is 1. The Kier molecular flexibility index (Phi) is 4.92. The lowest BCUT2D eigenvalue weighted by molar-refractivity contribution is -0.137. The molecule has 1 aliphatic rings. The van der Waals surface area contributed by atoms with Gasteiger partial charge in [-0.05, 0) is 31.4 Å². The Balaban J connectivity index is 1.96. The van der Waals surface area contributed by atoms with Crippen LogP contribution in [0.5, 0.6) is 0 Å². The Morgan fingerprint density at radius 1 is 1.35 bits per heavy atom. The van der Waals surface area contributed by atoms with Crippen LogP contribution in [0, 0.1) is 0 Å². The van der Waals surface area contributed by atoms with E-state index in [1.54, 1.807) is 18.3 Å². The Labute approximate surface area is 117 Å². The van der Waals surface area contributed by atoms with Gasteiger partial charge < -0.3 is 15.3 Å². The van der Waals surface area contributed by atoms with E-state index in [-0.39, 0.29) is 12.3 Å². The third kappa shape index (κ3) is 3.69. The summed E-state index contributed by atoms with van der Waals surface area (Å²) in [5.74, 6) is -0.315. The predicted molar refractivity (Wildman–Crippen MR) is 74.9 cm³/mol. The number of rotatable bonds is 6. The highest BCUT2D eigenvalue weighted by Crippen LogP contribution is 2.21. The number of carbonyl (C=O) groups is 2. The standard InChI is InChI=1S/C14H19N3O3/c18-12(19)6-4-8-16-14(20)11-5-3-7-15-13(11)17-9-1-2-10-17/h3,5,7H,1-2,4,6,8-10H2,(H,16,20)(H,18,19). The number of anilines is 1. The average molecular weight is 277 g/mol. The average Bonchev–Trinajstić information content (AvgIpc) is 2.97. The molecule has 0 saturated carbocycles. The van der Waals surface area contributed by atoms with Crippen molar-refractivity contribution in [2.75, 3.05) is 24.5 Å². The first-order valence-corrected chi connectivity index (χ1v) is 6.88. The van der Waals surface area contributed by atoms with Crippen LogP contribution < -0.4 is 10.2 Å². The first-order valence-electron chi connectivity index (χ1n) is 6.88. The molecule has 2 N–H and O–H groups in total. The number of aromatic nitrogens is 1. The minimum absolute atomic E-state index is 0.0618. The van der Waals surface area contributed by atoms with Gasteiger partial charge in [-0.25, -0.2) is 4.98 Å². The normalized spacial score (nSPS) is 14.3. The highest BCUT2D eigenvalue weighted by atomic mass is 16.4. The highest BCUT2D eigenvalue weighted by Gasteiger charge is 2.20. The highest BCUT2D eigenvalue weighted by molar-refractivity contribution is 5.98. The summed E-state index contributed by atoms with van der Waals surface area (Å²) in [6, 6.07) is 3.50. The van der Waals surface area contributed by atoms with Crippen molar-refractivity contribution in [3.8, 4) is 0 Å². The van der Waals surface area contributed by atoms with Gasteiger partial charge in [0.1, 0.15) is 5.82 Å². The number of hydrogen-bond donors (Lipinski definition) is 2. The molecule has 0 atom stereocenters. The molecule has 6 heteroatoms. The fourth-order valence-corrected chi connectivity index (χ4v) is 2.29. The van der Waals surface area contributed by atoms with Gasteiger partial charge in [-0.15, -0.1) is 0 Å². The Morgan fingerprint density at radius 3 is 2.80 bits per heavy atom. The summed E-state index contributed by atoms with van der Waals surface area (Å²) in [4.78, 5) is 29.0. The molecule has 1 aromatic rings. The van der Waals surface area contributed by atoms with Gasteiger partial charge in [0.25, 0.3) is 5.91 Å². The van der Waals surface area contributed by atoms with E-state index >= 15 is 0 Å². The van der Waals surface area contributed by atoms with E-state index in [4.69, 9.17) is 5.11 Å². The van der Waals surface area contributed by atoms with Gasteiger partial charge in [-0.3, -0.25) is 9.59 Å². The lowest BCUT2D eigenvalue weighted by Crippen LogP contribution is -2.29. The number of hydrogen-bond acceptors (Lipinski definition) is 4. The number of nitrogens with one attached hydrogen (secondary N) is 1. The van der Waals surface area contributed by atoms with Crippen LogP contribution in [-0.2, 0) is 4.79 Å². The number of carboxylic acid groups (broad SMARTS) is 1. The summed E-state index contributed by atoms with van der Waals surface area (Å²) in [6.07, 6.45) is 4.42. The fraction of sp³-hybridized carbons (Fsp3) is 0.500. The topological polar surface area (TPSA) is 82.5 Å². The van der Waals surface area contributed by atoms with E-state index in [1.165, 1.54) is 0 Å². The molecule has 1 saturated heterocycles. The summed E-state index contributed by atoms with van der Waals surface area (Å²) in [6.45, 7) is 2.21. The van der Waals surface area contributed by atoms with E-state index in [1.807, 2.05) is 0 Å². The molecule has 0 aromatic carbocycles. The van der Waals surface area contributed by atoms with Gasteiger partial charge in [-0.1, -0.05) is 0 Å². The molecule has 0 spiro atoms. The molecule has 0 radical (unpaired) electrons. The first-order chi connectivity index (χ1) is 9.68. The summed E-state index contributed by atoms with van der Waals surface area (Å²) in [5, 5.41) is 11.3. The number of amides is 1. The summed E-state index contributed by atoms with van der Waals surface area (Å²) in [7, 11) is 0. The number of pyridine rings is 1. The molecule has 0 unspecified atom stereocenters. The molecule has 0 bridgehead atoms. The van der Waals surface area contributed by atoms with Crippen molar-refractivity contribution < 1.29 is 14.7 Å². The van der Waals surface area contributed by atoms with Crippen molar-refractivity contribution in [3.05, 3.63) is 23.9 Å². The molecule has 2 heterocycles. The lowest BCUT2D eigenvalue weighted by atomic mass is 10.2. The van der Waals surface area contributed by atoms with Crippen molar-refractivity contribution in [2.24, 2.45) is 0 Å². The molecule has 1 fully saturated rings. The summed E-state index contributed by atoms with van der Waals surface area (Å²) < 4.78 is 0. The van der Waals surface area contributed by atoms with Crippen LogP contribution in [0.1, 0.15) is 36.0 Å². The SMILES string of the molecule is O=C(O)CCCNC(=O)c1cccnc1N1CCCC1. The van der Waals surface area contributed by atoms with Crippen LogP contribution in [-0.4, -0.2) is 41.6 Å². The fourth-order valence-electron chi connectivity index (χ4n) is 2.29. The Morgan fingerprint density at radius 2 is 2.10 bits per heavy atom. The summed E-state index contributed by atoms with van der Waals surface area (Å²) in [5.41, 5.74) is 0.560. The molecule has 108 valence electrons. The van der Waals surface area contributed by atoms with E-state index in [9.17, 15) is 9.59 Å². The second kappa shape index (κ2) is 6.88. The van der Waals surface area contributed by atoms with Crippen molar-refractivity contribution >= 4 is 17.7 Å². The maximum Gasteiger partial charge on any atom is 0.303 e. The van der Waals surface area contributed by atoms with Gasteiger partial charge in [0.05, 0.1) is 5.56 Å². The number of nitrogens with zero attached hydrogens (tertiary/aromatic N) is 2. The minimum Gasteiger partial charge on any atom is -0.481 e. The minimum atomic E-state index is -0.849. The molecule has 1 aliphatic heterocycles. The molecule has 1 aromatic heterocycles. The van der Waals surface area contributed by atoms with E-state index in [0.717, 1.165) is 31.7 Å². The molecule has 1 amide bonds. The van der Waals surface area contributed by atoms with Gasteiger partial charge in [0.2, 0.25) is 0 Å². The van der Waals surface area contributed by atoms with E-state index in [2.05, 4.69) is 15.2 Å². The third-order valence-corrected chi connectivity index (χ3v) is 3.29. The zero-order valence-electron chi connectivity index (χ0n) is 11.3. The second-order valence-corrected chi connectivity index (χ2v) is 4.82. The molecular formula is C14H19N3O3. The van der Waals surface area contributed by atoms with Crippen molar-refractivity contribution in [3.63, 3.8) is 0 Å². The smallest absolute Gasteiger partial charge is 0.303 e. The first kappa shape index (κ1) is 14.3. The van der Waals surface area contributed by atoms with Gasteiger partial charge >= 0.3 is 5.97 Å². The number of carboxylic acids is 1. The van der Waals surface area contributed by atoms with Crippen LogP contribution in [0.2, 0.25) is 0 Å². The second-order valence-electron chi connectivity index (χ2n) is 4.82. The quantitative estimate of drug-likeness (QED) is 0.765. The molecular weight excluding hydrogens is 258 g/mol. The van der Waals surface area contributed by atoms with Gasteiger partial charge in [0, 0.05) is 32.3 Å². The van der Waals surface area contributed by atoms with Crippen LogP contribution >= 0.6 is 0 Å². The van der Waals surface area contributed by atoms with Crippen molar-refractivity contribution in [1.29, 1.82) is 0 Å². The van der Waals surface area contributed by atoms with E-state index in [0.29, 0.717) is 18.5 Å². The lowest BCUT2D eigenvalue weighted by Gasteiger charge is -2.19. The molecule has 20 heavy (non-hydrogen) atoms. The van der Waals surface area contributed by atoms with Crippen LogP contribution in [0.15, 0.2) is 18.3 Å². The molecule has 2 rings (SSSR count). The van der Waals surface area contributed by atoms with Gasteiger partial charge in [-0.2, -0.15) is 0 Å². The van der Waals surface area contributed by atoms with Gasteiger partial charge in [0.15, 0.2) is 0 Å². The van der Waals surface area contributed by atoms with Crippen molar-refractivity contribution in [2.45, 2.75) is 25.7 Å².